The van der Waals surface area contributed by atoms with Crippen LogP contribution in [0, 0.1) is 0 Å². The van der Waals surface area contributed by atoms with Crippen LogP contribution in [0.15, 0.2) is 35.8 Å². The topological polar surface area (TPSA) is 95.1 Å². The number of aromatic amines is 1. The quantitative estimate of drug-likeness (QED) is 0.637. The van der Waals surface area contributed by atoms with Gasteiger partial charge in [0.15, 0.2) is 5.13 Å². The van der Waals surface area contributed by atoms with Crippen LogP contribution < -0.4 is 5.32 Å². The van der Waals surface area contributed by atoms with Gasteiger partial charge in [-0.3, -0.25) is 9.59 Å². The molecule has 118 valence electrons. The van der Waals surface area contributed by atoms with Gasteiger partial charge >= 0.3 is 5.97 Å². The minimum atomic E-state index is -0.932. The third-order valence-electron chi connectivity index (χ3n) is 3.07. The van der Waals surface area contributed by atoms with Gasteiger partial charge in [0.1, 0.15) is 0 Å². The number of rotatable bonds is 6. The Kier molecular flexibility index (Phi) is 4.63. The van der Waals surface area contributed by atoms with Crippen LogP contribution in [0.2, 0.25) is 0 Å². The fraction of sp³-hybridized carbons (Fsp3) is 0.133. The van der Waals surface area contributed by atoms with E-state index < -0.39 is 5.97 Å². The van der Waals surface area contributed by atoms with Gasteiger partial charge < -0.3 is 15.4 Å². The molecule has 0 aliphatic heterocycles. The Bertz CT molecular complexity index is 856. The second-order valence-electron chi connectivity index (χ2n) is 4.72. The summed E-state index contributed by atoms with van der Waals surface area (Å²) in [5, 5.41) is 14.7. The highest BCUT2D eigenvalue weighted by Gasteiger charge is 2.11. The highest BCUT2D eigenvalue weighted by molar-refractivity contribution is 8.00. The zero-order valence-electron chi connectivity index (χ0n) is 11.9. The van der Waals surface area contributed by atoms with Gasteiger partial charge in [-0.1, -0.05) is 18.2 Å². The summed E-state index contributed by atoms with van der Waals surface area (Å²) in [5.41, 5.74) is 2.81. The Balaban J connectivity index is 1.68. The third kappa shape index (κ3) is 3.72. The average Bonchev–Trinajstić information content (AvgIpc) is 3.13. The molecule has 23 heavy (non-hydrogen) atoms. The van der Waals surface area contributed by atoms with E-state index in [0.29, 0.717) is 5.13 Å². The fourth-order valence-electron chi connectivity index (χ4n) is 2.12. The van der Waals surface area contributed by atoms with Crippen molar-refractivity contribution in [2.75, 3.05) is 16.8 Å². The molecule has 3 N–H and O–H groups in total. The number of carboxylic acid groups (broad SMARTS) is 1. The maximum absolute atomic E-state index is 11.7. The van der Waals surface area contributed by atoms with E-state index in [4.69, 9.17) is 5.11 Å². The first-order chi connectivity index (χ1) is 11.1. The molecule has 0 radical (unpaired) electrons. The standard InChI is InChI=1S/C15H13N3O3S2/c19-13(7-22-8-14(20)21)18-15-17-12(6-23-15)10-5-16-11-4-2-1-3-9(10)11/h1-6,16H,7-8H2,(H,20,21)(H,17,18,19). The summed E-state index contributed by atoms with van der Waals surface area (Å²) in [6.45, 7) is 0. The zero-order valence-corrected chi connectivity index (χ0v) is 13.5. The molecular weight excluding hydrogens is 334 g/mol. The van der Waals surface area contributed by atoms with Crippen LogP contribution in [-0.4, -0.2) is 38.5 Å². The summed E-state index contributed by atoms with van der Waals surface area (Å²) in [4.78, 5) is 29.8. The van der Waals surface area contributed by atoms with Crippen LogP contribution in [0.1, 0.15) is 0 Å². The number of carbonyl (C=O) groups is 2. The summed E-state index contributed by atoms with van der Waals surface area (Å²) >= 11 is 2.40. The molecule has 0 saturated heterocycles. The van der Waals surface area contributed by atoms with Crippen LogP contribution in [0.25, 0.3) is 22.2 Å². The van der Waals surface area contributed by atoms with Gasteiger partial charge in [0.25, 0.3) is 0 Å². The molecule has 0 aliphatic carbocycles. The minimum absolute atomic E-state index is 0.0914. The van der Waals surface area contributed by atoms with Gasteiger partial charge in [-0.15, -0.1) is 23.1 Å². The van der Waals surface area contributed by atoms with Crippen molar-refractivity contribution in [3.63, 3.8) is 0 Å². The number of aromatic nitrogens is 2. The first kappa shape index (κ1) is 15.6. The molecule has 1 amide bonds. The normalized spacial score (nSPS) is 10.8. The summed E-state index contributed by atoms with van der Waals surface area (Å²) in [5.74, 6) is -1.19. The van der Waals surface area contributed by atoms with E-state index in [1.807, 2.05) is 35.8 Å². The fourth-order valence-corrected chi connectivity index (χ4v) is 3.39. The second kappa shape index (κ2) is 6.84. The van der Waals surface area contributed by atoms with Crippen molar-refractivity contribution in [3.05, 3.63) is 35.8 Å². The van der Waals surface area contributed by atoms with Crippen molar-refractivity contribution in [3.8, 4) is 11.3 Å². The lowest BCUT2D eigenvalue weighted by Crippen LogP contribution is -2.15. The van der Waals surface area contributed by atoms with E-state index in [-0.39, 0.29) is 17.4 Å². The summed E-state index contributed by atoms with van der Waals surface area (Å²) in [7, 11) is 0. The summed E-state index contributed by atoms with van der Waals surface area (Å²) < 4.78 is 0. The predicted octanol–water partition coefficient (Wildman–Crippen LogP) is 3.05. The monoisotopic (exact) mass is 347 g/mol. The lowest BCUT2D eigenvalue weighted by atomic mass is 10.1. The molecular formula is C15H13N3O3S2. The number of para-hydroxylation sites is 1. The molecule has 3 rings (SSSR count). The van der Waals surface area contributed by atoms with Gasteiger partial charge in [0.05, 0.1) is 17.2 Å². The Labute approximate surface area is 139 Å². The average molecular weight is 347 g/mol. The molecule has 2 aromatic heterocycles. The highest BCUT2D eigenvalue weighted by atomic mass is 32.2. The van der Waals surface area contributed by atoms with E-state index in [0.717, 1.165) is 33.9 Å². The first-order valence-corrected chi connectivity index (χ1v) is 8.78. The van der Waals surface area contributed by atoms with Crippen molar-refractivity contribution in [2.45, 2.75) is 0 Å². The third-order valence-corrected chi connectivity index (χ3v) is 4.75. The summed E-state index contributed by atoms with van der Waals surface area (Å²) in [6.07, 6.45) is 1.90. The number of nitrogens with one attached hydrogen (secondary N) is 2. The van der Waals surface area contributed by atoms with Crippen LogP contribution in [-0.2, 0) is 9.59 Å². The SMILES string of the molecule is O=C(O)CSCC(=O)Nc1nc(-c2c[nH]c3ccccc23)cs1. The number of nitrogens with zero attached hydrogens (tertiary/aromatic N) is 1. The number of benzene rings is 1. The van der Waals surface area contributed by atoms with Crippen molar-refractivity contribution >= 4 is 51.0 Å². The van der Waals surface area contributed by atoms with E-state index in [1.54, 1.807) is 0 Å². The Morgan fingerprint density at radius 2 is 2.13 bits per heavy atom. The maximum Gasteiger partial charge on any atom is 0.313 e. The van der Waals surface area contributed by atoms with E-state index in [9.17, 15) is 9.59 Å². The Hall–Kier alpha value is -2.32. The minimum Gasteiger partial charge on any atom is -0.481 e. The second-order valence-corrected chi connectivity index (χ2v) is 6.56. The molecule has 6 nitrogen and oxygen atoms in total. The van der Waals surface area contributed by atoms with Crippen LogP contribution in [0.3, 0.4) is 0 Å². The number of carboxylic acids is 1. The molecule has 0 bridgehead atoms. The van der Waals surface area contributed by atoms with Crippen LogP contribution in [0.5, 0.6) is 0 Å². The Morgan fingerprint density at radius 1 is 1.30 bits per heavy atom. The van der Waals surface area contributed by atoms with Gasteiger partial charge in [-0.25, -0.2) is 4.98 Å². The molecule has 1 aromatic carbocycles. The number of H-pyrrole nitrogens is 1. The molecule has 0 saturated carbocycles. The molecule has 0 aliphatic rings. The van der Waals surface area contributed by atoms with Gasteiger partial charge in [-0.2, -0.15) is 0 Å². The molecule has 8 heteroatoms. The van der Waals surface area contributed by atoms with E-state index in [1.165, 1.54) is 11.3 Å². The number of carbonyl (C=O) groups excluding carboxylic acids is 1. The maximum atomic E-state index is 11.7. The van der Waals surface area contributed by atoms with Gasteiger partial charge in [0.2, 0.25) is 5.91 Å². The number of aliphatic carboxylic acids is 1. The lowest BCUT2D eigenvalue weighted by molar-refractivity contribution is -0.133. The number of fused-ring (bicyclic) bond motifs is 1. The lowest BCUT2D eigenvalue weighted by Gasteiger charge is -2.00. The number of thioether (sulfide) groups is 1. The highest BCUT2D eigenvalue weighted by Crippen LogP contribution is 2.30. The molecule has 2 heterocycles. The van der Waals surface area contributed by atoms with Crippen molar-refractivity contribution in [1.82, 2.24) is 9.97 Å². The van der Waals surface area contributed by atoms with Gasteiger partial charge in [-0.05, 0) is 6.07 Å². The van der Waals surface area contributed by atoms with Crippen LogP contribution in [0.4, 0.5) is 5.13 Å². The van der Waals surface area contributed by atoms with Crippen molar-refractivity contribution in [2.24, 2.45) is 0 Å². The Morgan fingerprint density at radius 3 is 2.96 bits per heavy atom. The molecule has 0 atom stereocenters. The summed E-state index contributed by atoms with van der Waals surface area (Å²) in [6, 6.07) is 7.94. The van der Waals surface area contributed by atoms with E-state index >= 15 is 0 Å². The van der Waals surface area contributed by atoms with Gasteiger partial charge in [0, 0.05) is 28.0 Å². The number of hydrogen-bond acceptors (Lipinski definition) is 5. The van der Waals surface area contributed by atoms with Crippen molar-refractivity contribution in [1.29, 1.82) is 0 Å². The molecule has 3 aromatic rings. The number of hydrogen-bond donors (Lipinski definition) is 3. The molecule has 0 unspecified atom stereocenters. The largest absolute Gasteiger partial charge is 0.481 e. The first-order valence-electron chi connectivity index (χ1n) is 6.75. The van der Waals surface area contributed by atoms with Crippen molar-refractivity contribution < 1.29 is 14.7 Å². The van der Waals surface area contributed by atoms with E-state index in [2.05, 4.69) is 15.3 Å². The van der Waals surface area contributed by atoms with Crippen LogP contribution >= 0.6 is 23.1 Å². The number of amides is 1. The zero-order chi connectivity index (χ0) is 16.2. The number of thiazole rings is 1. The predicted molar refractivity (Wildman–Crippen MR) is 93.0 cm³/mol. The smallest absolute Gasteiger partial charge is 0.313 e. The molecule has 0 spiro atoms. The molecule has 0 fully saturated rings. The number of anilines is 1.